The van der Waals surface area contributed by atoms with E-state index in [4.69, 9.17) is 11.6 Å². The van der Waals surface area contributed by atoms with Crippen molar-refractivity contribution in [3.8, 4) is 11.1 Å². The van der Waals surface area contributed by atoms with Gasteiger partial charge in [0, 0.05) is 23.3 Å². The lowest BCUT2D eigenvalue weighted by Crippen LogP contribution is -2.15. The van der Waals surface area contributed by atoms with Crippen molar-refractivity contribution in [2.24, 2.45) is 5.92 Å². The Morgan fingerprint density at radius 2 is 2.04 bits per heavy atom. The maximum absolute atomic E-state index is 13.8. The molecule has 0 spiro atoms. The number of fused-ring (bicyclic) bond motifs is 1. The van der Waals surface area contributed by atoms with E-state index in [2.05, 4.69) is 15.3 Å². The summed E-state index contributed by atoms with van der Waals surface area (Å²) in [7, 11) is 0. The summed E-state index contributed by atoms with van der Waals surface area (Å²) in [6, 6.07) is 5.22. The number of carbonyl (C=O) groups excluding carboxylic acids is 1. The second-order valence-corrected chi connectivity index (χ2v) is 6.80. The average Bonchev–Trinajstić information content (AvgIpc) is 3.34. The van der Waals surface area contributed by atoms with Crippen LogP contribution in [0.5, 0.6) is 0 Å². The number of anilines is 1. The molecule has 7 heteroatoms. The summed E-state index contributed by atoms with van der Waals surface area (Å²) in [4.78, 5) is 20.0. The second kappa shape index (κ2) is 6.29. The van der Waals surface area contributed by atoms with Gasteiger partial charge in [0.2, 0.25) is 5.91 Å². The Balaban J connectivity index is 1.74. The average molecular weight is 374 g/mol. The van der Waals surface area contributed by atoms with E-state index in [9.17, 15) is 13.6 Å². The van der Waals surface area contributed by atoms with Crippen LogP contribution in [-0.4, -0.2) is 22.0 Å². The first-order chi connectivity index (χ1) is 12.4. The van der Waals surface area contributed by atoms with Gasteiger partial charge in [-0.25, -0.2) is 13.8 Å². The van der Waals surface area contributed by atoms with Crippen LogP contribution in [-0.2, 0) is 4.79 Å². The summed E-state index contributed by atoms with van der Waals surface area (Å²) in [5, 5.41) is 4.51. The highest BCUT2D eigenvalue weighted by Gasteiger charge is 2.43. The molecule has 4 nitrogen and oxygen atoms in total. The Morgan fingerprint density at radius 1 is 1.27 bits per heavy atom. The largest absolute Gasteiger partial charge is 0.310 e. The summed E-state index contributed by atoms with van der Waals surface area (Å²) in [6.45, 7) is 1.67. The number of benzene rings is 1. The number of hydrogen-bond acceptors (Lipinski definition) is 3. The molecule has 0 aliphatic heterocycles. The van der Waals surface area contributed by atoms with Crippen LogP contribution in [0.1, 0.15) is 12.0 Å². The molecule has 4 rings (SSSR count). The standard InChI is InChI=1S/C19H14ClF2N3O/c1-9-13(6-23-8-17(9)22)10-2-11-4-18(24-7-14(11)15(20)3-10)25-19(26)12-5-16(12)21/h2-4,6-8,12,16H,5H2,1H3,(H,24,25,26)/t12-,16+/m0/s1. The van der Waals surface area contributed by atoms with Crippen LogP contribution in [0.3, 0.4) is 0 Å². The lowest BCUT2D eigenvalue weighted by molar-refractivity contribution is -0.117. The number of alkyl halides is 1. The summed E-state index contributed by atoms with van der Waals surface area (Å²) >= 11 is 6.35. The van der Waals surface area contributed by atoms with Gasteiger partial charge in [-0.1, -0.05) is 11.6 Å². The third-order valence-corrected chi connectivity index (χ3v) is 4.86. The van der Waals surface area contributed by atoms with Crippen molar-refractivity contribution >= 4 is 34.1 Å². The molecule has 1 N–H and O–H groups in total. The predicted octanol–water partition coefficient (Wildman–Crippen LogP) is 4.69. The first-order valence-electron chi connectivity index (χ1n) is 8.09. The highest BCUT2D eigenvalue weighted by atomic mass is 35.5. The van der Waals surface area contributed by atoms with Gasteiger partial charge in [0.15, 0.2) is 0 Å². The summed E-state index contributed by atoms with van der Waals surface area (Å²) < 4.78 is 26.8. The number of nitrogens with one attached hydrogen (secondary N) is 1. The van der Waals surface area contributed by atoms with Crippen LogP contribution < -0.4 is 5.32 Å². The molecule has 1 amide bonds. The molecule has 1 aliphatic rings. The Hall–Kier alpha value is -2.60. The summed E-state index contributed by atoms with van der Waals surface area (Å²) in [6.07, 6.45) is 3.47. The van der Waals surface area contributed by atoms with Crippen molar-refractivity contribution in [2.45, 2.75) is 19.5 Å². The molecule has 0 saturated heterocycles. The number of nitrogens with zero attached hydrogens (tertiary/aromatic N) is 2. The van der Waals surface area contributed by atoms with Gasteiger partial charge in [-0.05, 0) is 48.1 Å². The van der Waals surface area contributed by atoms with Gasteiger partial charge in [-0.3, -0.25) is 9.78 Å². The van der Waals surface area contributed by atoms with Gasteiger partial charge in [0.1, 0.15) is 17.8 Å². The topological polar surface area (TPSA) is 54.9 Å². The zero-order valence-corrected chi connectivity index (χ0v) is 14.5. The third-order valence-electron chi connectivity index (χ3n) is 4.55. The fourth-order valence-electron chi connectivity index (χ4n) is 2.88. The smallest absolute Gasteiger partial charge is 0.231 e. The normalized spacial score (nSPS) is 18.8. The second-order valence-electron chi connectivity index (χ2n) is 6.39. The Kier molecular flexibility index (Phi) is 4.07. The van der Waals surface area contributed by atoms with Crippen molar-refractivity contribution in [1.82, 2.24) is 9.97 Å². The predicted molar refractivity (Wildman–Crippen MR) is 96.3 cm³/mol. The van der Waals surface area contributed by atoms with Crippen molar-refractivity contribution in [3.05, 3.63) is 53.2 Å². The summed E-state index contributed by atoms with van der Waals surface area (Å²) in [5.74, 6) is -1.05. The lowest BCUT2D eigenvalue weighted by Gasteiger charge is -2.10. The van der Waals surface area contributed by atoms with Crippen LogP contribution in [0.15, 0.2) is 36.8 Å². The minimum atomic E-state index is -1.07. The molecule has 1 fully saturated rings. The van der Waals surface area contributed by atoms with Crippen LogP contribution in [0.25, 0.3) is 21.9 Å². The maximum Gasteiger partial charge on any atom is 0.231 e. The van der Waals surface area contributed by atoms with E-state index in [0.29, 0.717) is 32.9 Å². The zero-order valence-electron chi connectivity index (χ0n) is 13.8. The SMILES string of the molecule is Cc1c(F)cncc1-c1cc(Cl)c2cnc(NC(=O)[C@H]3C[C@H]3F)cc2c1. The third kappa shape index (κ3) is 3.01. The van der Waals surface area contributed by atoms with E-state index < -0.39 is 17.9 Å². The van der Waals surface area contributed by atoms with Crippen LogP contribution in [0, 0.1) is 18.7 Å². The van der Waals surface area contributed by atoms with Gasteiger partial charge in [0.25, 0.3) is 0 Å². The maximum atomic E-state index is 13.8. The number of hydrogen-bond donors (Lipinski definition) is 1. The first kappa shape index (κ1) is 16.8. The van der Waals surface area contributed by atoms with Crippen molar-refractivity contribution in [3.63, 3.8) is 0 Å². The molecule has 2 heterocycles. The van der Waals surface area contributed by atoms with E-state index >= 15 is 0 Å². The van der Waals surface area contributed by atoms with Gasteiger partial charge < -0.3 is 5.32 Å². The number of amides is 1. The molecule has 0 unspecified atom stereocenters. The van der Waals surface area contributed by atoms with E-state index in [1.54, 1.807) is 31.5 Å². The monoisotopic (exact) mass is 373 g/mol. The van der Waals surface area contributed by atoms with Crippen LogP contribution in [0.2, 0.25) is 5.02 Å². The van der Waals surface area contributed by atoms with E-state index in [0.717, 1.165) is 11.6 Å². The van der Waals surface area contributed by atoms with Crippen molar-refractivity contribution in [1.29, 1.82) is 0 Å². The Bertz CT molecular complexity index is 1040. The Labute approximate surface area is 153 Å². The molecule has 26 heavy (non-hydrogen) atoms. The minimum absolute atomic E-state index is 0.251. The first-order valence-corrected chi connectivity index (χ1v) is 8.46. The van der Waals surface area contributed by atoms with Gasteiger partial charge in [-0.2, -0.15) is 0 Å². The fraction of sp³-hybridized carbons (Fsp3) is 0.211. The number of halogens is 3. The van der Waals surface area contributed by atoms with Gasteiger partial charge in [0.05, 0.1) is 17.1 Å². The lowest BCUT2D eigenvalue weighted by atomic mass is 10.00. The number of rotatable bonds is 3. The Morgan fingerprint density at radius 3 is 2.77 bits per heavy atom. The molecule has 132 valence electrons. The minimum Gasteiger partial charge on any atom is -0.310 e. The van der Waals surface area contributed by atoms with Crippen LogP contribution in [0.4, 0.5) is 14.6 Å². The highest BCUT2D eigenvalue weighted by molar-refractivity contribution is 6.36. The number of carbonyl (C=O) groups is 1. The quantitative estimate of drug-likeness (QED) is 0.724. The molecular weight excluding hydrogens is 360 g/mol. The van der Waals surface area contributed by atoms with Gasteiger partial charge in [-0.15, -0.1) is 0 Å². The molecule has 1 saturated carbocycles. The molecule has 0 bridgehead atoms. The molecule has 2 aromatic heterocycles. The molecule has 3 aromatic rings. The van der Waals surface area contributed by atoms with Crippen molar-refractivity contribution < 1.29 is 13.6 Å². The van der Waals surface area contributed by atoms with Crippen LogP contribution >= 0.6 is 11.6 Å². The fourth-order valence-corrected chi connectivity index (χ4v) is 3.16. The highest BCUT2D eigenvalue weighted by Crippen LogP contribution is 2.36. The molecule has 1 aliphatic carbocycles. The molecular formula is C19H14ClF2N3O. The molecule has 0 radical (unpaired) electrons. The van der Waals surface area contributed by atoms with Gasteiger partial charge >= 0.3 is 0 Å². The summed E-state index contributed by atoms with van der Waals surface area (Å²) in [5.41, 5.74) is 1.82. The van der Waals surface area contributed by atoms with Crippen molar-refractivity contribution in [2.75, 3.05) is 5.32 Å². The molecule has 2 atom stereocenters. The number of pyridine rings is 2. The molecule has 1 aromatic carbocycles. The van der Waals surface area contributed by atoms with E-state index in [1.165, 1.54) is 0 Å². The number of aromatic nitrogens is 2. The van der Waals surface area contributed by atoms with E-state index in [-0.39, 0.29) is 12.3 Å². The zero-order chi connectivity index (χ0) is 18.4. The van der Waals surface area contributed by atoms with E-state index in [1.807, 2.05) is 6.07 Å².